The molecule has 1 unspecified atom stereocenters. The second kappa shape index (κ2) is 19.4. The molecule has 27 heavy (non-hydrogen) atoms. The molecule has 164 valence electrons. The van der Waals surface area contributed by atoms with Gasteiger partial charge in [0.2, 0.25) is 0 Å². The molecule has 0 rings (SSSR count). The Balaban J connectivity index is 3.15. The molecule has 5 nitrogen and oxygen atoms in total. The normalized spacial score (nSPS) is 13.2. The lowest BCUT2D eigenvalue weighted by Crippen LogP contribution is -2.09. The van der Waals surface area contributed by atoms with Crippen molar-refractivity contribution in [2.45, 2.75) is 129 Å². The van der Waals surface area contributed by atoms with Crippen LogP contribution in [0, 0.1) is 0 Å². The predicted octanol–water partition coefficient (Wildman–Crippen LogP) is 6.50. The van der Waals surface area contributed by atoms with E-state index in [4.69, 9.17) is 9.79 Å². The van der Waals surface area contributed by atoms with Gasteiger partial charge < -0.3 is 14.9 Å². The summed E-state index contributed by atoms with van der Waals surface area (Å²) < 4.78 is 14.9. The molecular weight excluding hydrogens is 363 g/mol. The van der Waals surface area contributed by atoms with Crippen LogP contribution < -0.4 is 0 Å². The van der Waals surface area contributed by atoms with Crippen LogP contribution in [-0.2, 0) is 9.09 Å². The summed E-state index contributed by atoms with van der Waals surface area (Å²) in [5, 5.41) is 9.73. The minimum absolute atomic E-state index is 0.0930. The van der Waals surface area contributed by atoms with E-state index in [1.165, 1.54) is 89.9 Å². The zero-order chi connectivity index (χ0) is 20.2. The highest BCUT2D eigenvalue weighted by Crippen LogP contribution is 2.35. The van der Waals surface area contributed by atoms with Gasteiger partial charge in [-0.05, 0) is 12.8 Å². The zero-order valence-electron chi connectivity index (χ0n) is 17.6. The van der Waals surface area contributed by atoms with Crippen molar-refractivity contribution in [3.05, 3.63) is 0 Å². The van der Waals surface area contributed by atoms with Crippen LogP contribution in [0.2, 0.25) is 0 Å². The second-order valence-corrected chi connectivity index (χ2v) is 9.10. The molecule has 0 aromatic heterocycles. The summed E-state index contributed by atoms with van der Waals surface area (Å²) in [5.74, 6) is 0. The molecule has 0 radical (unpaired) electrons. The molecule has 0 heterocycles. The molecule has 0 amide bonds. The van der Waals surface area contributed by atoms with E-state index in [2.05, 4.69) is 11.4 Å². The van der Waals surface area contributed by atoms with Crippen molar-refractivity contribution in [1.82, 2.24) is 0 Å². The molecular formula is C21H45O5P. The molecule has 0 bridgehead atoms. The molecule has 0 spiro atoms. The first-order chi connectivity index (χ1) is 13.0. The molecule has 0 aliphatic heterocycles. The third-order valence-corrected chi connectivity index (χ3v) is 5.62. The molecule has 0 aromatic carbocycles. The highest BCUT2D eigenvalue weighted by molar-refractivity contribution is 7.46. The molecule has 6 heteroatoms. The summed E-state index contributed by atoms with van der Waals surface area (Å²) >= 11 is 0. The standard InChI is InChI=1S/C21H45O5P/c1-2-3-4-5-6-7-8-9-10-11-12-13-14-15-16-17-18-21(22)19-20-26-27(23,24)25/h21-22H,2-20H2,1H3,(H2,23,24,25). The SMILES string of the molecule is CCCCCCCCCCCCCCCCCCC(O)CCOP(=O)(O)O. The summed E-state index contributed by atoms with van der Waals surface area (Å²) in [6.45, 7) is 2.17. The Morgan fingerprint density at radius 1 is 0.667 bits per heavy atom. The van der Waals surface area contributed by atoms with Crippen LogP contribution in [0.15, 0.2) is 0 Å². The lowest BCUT2D eigenvalue weighted by atomic mass is 10.0. The van der Waals surface area contributed by atoms with Gasteiger partial charge in [0.25, 0.3) is 0 Å². The summed E-state index contributed by atoms with van der Waals surface area (Å²) in [6, 6.07) is 0. The molecule has 1 atom stereocenters. The van der Waals surface area contributed by atoms with Crippen molar-refractivity contribution in [3.8, 4) is 0 Å². The molecule has 0 fully saturated rings. The van der Waals surface area contributed by atoms with Gasteiger partial charge in [0.15, 0.2) is 0 Å². The van der Waals surface area contributed by atoms with Crippen LogP contribution >= 0.6 is 7.82 Å². The van der Waals surface area contributed by atoms with Gasteiger partial charge >= 0.3 is 7.82 Å². The van der Waals surface area contributed by atoms with Gasteiger partial charge in [0.05, 0.1) is 12.7 Å². The van der Waals surface area contributed by atoms with E-state index in [1.54, 1.807) is 0 Å². The van der Waals surface area contributed by atoms with Crippen molar-refractivity contribution >= 4 is 7.82 Å². The summed E-state index contributed by atoms with van der Waals surface area (Å²) in [5.41, 5.74) is 0. The maximum absolute atomic E-state index is 10.5. The lowest BCUT2D eigenvalue weighted by molar-refractivity contribution is 0.114. The molecule has 0 aliphatic carbocycles. The van der Waals surface area contributed by atoms with E-state index in [9.17, 15) is 9.67 Å². The predicted molar refractivity (Wildman–Crippen MR) is 113 cm³/mol. The topological polar surface area (TPSA) is 87.0 Å². The number of hydrogen-bond acceptors (Lipinski definition) is 3. The van der Waals surface area contributed by atoms with E-state index in [0.29, 0.717) is 6.42 Å². The Morgan fingerprint density at radius 3 is 1.41 bits per heavy atom. The Hall–Kier alpha value is 0.0700. The Bertz CT molecular complexity index is 345. The third kappa shape index (κ3) is 24.0. The van der Waals surface area contributed by atoms with Crippen LogP contribution in [0.3, 0.4) is 0 Å². The van der Waals surface area contributed by atoms with Crippen molar-refractivity contribution in [3.63, 3.8) is 0 Å². The Morgan fingerprint density at radius 2 is 1.04 bits per heavy atom. The second-order valence-electron chi connectivity index (χ2n) is 7.86. The van der Waals surface area contributed by atoms with Gasteiger partial charge in [-0.25, -0.2) is 4.57 Å². The first kappa shape index (κ1) is 27.1. The van der Waals surface area contributed by atoms with Crippen molar-refractivity contribution in [2.24, 2.45) is 0 Å². The molecule has 0 saturated heterocycles. The number of unbranched alkanes of at least 4 members (excludes halogenated alkanes) is 15. The largest absolute Gasteiger partial charge is 0.469 e. The van der Waals surface area contributed by atoms with Crippen LogP contribution in [-0.4, -0.2) is 27.6 Å². The van der Waals surface area contributed by atoms with Crippen LogP contribution in [0.1, 0.15) is 122 Å². The monoisotopic (exact) mass is 408 g/mol. The van der Waals surface area contributed by atoms with E-state index >= 15 is 0 Å². The molecule has 0 aromatic rings. The Kier molecular flexibility index (Phi) is 19.4. The summed E-state index contributed by atoms with van der Waals surface area (Å²) in [7, 11) is -4.40. The van der Waals surface area contributed by atoms with Crippen LogP contribution in [0.25, 0.3) is 0 Å². The maximum atomic E-state index is 10.5. The number of hydrogen-bond donors (Lipinski definition) is 3. The number of phosphoric acid groups is 1. The molecule has 0 aliphatic rings. The van der Waals surface area contributed by atoms with Gasteiger partial charge in [0, 0.05) is 0 Å². The van der Waals surface area contributed by atoms with Crippen LogP contribution in [0.4, 0.5) is 0 Å². The lowest BCUT2D eigenvalue weighted by Gasteiger charge is -2.11. The minimum Gasteiger partial charge on any atom is -0.393 e. The smallest absolute Gasteiger partial charge is 0.393 e. The van der Waals surface area contributed by atoms with Gasteiger partial charge in [-0.3, -0.25) is 4.52 Å². The van der Waals surface area contributed by atoms with Gasteiger partial charge in [-0.15, -0.1) is 0 Å². The van der Waals surface area contributed by atoms with Crippen LogP contribution in [0.5, 0.6) is 0 Å². The first-order valence-electron chi connectivity index (χ1n) is 11.3. The Labute approximate surface area is 167 Å². The number of phosphoric ester groups is 1. The van der Waals surface area contributed by atoms with Crippen molar-refractivity contribution < 1.29 is 24.0 Å². The quantitative estimate of drug-likeness (QED) is 0.149. The van der Waals surface area contributed by atoms with E-state index in [0.717, 1.165) is 12.8 Å². The summed E-state index contributed by atoms with van der Waals surface area (Å²) in [6.07, 6.45) is 21.6. The third-order valence-electron chi connectivity index (χ3n) is 5.10. The number of rotatable bonds is 21. The fraction of sp³-hybridized carbons (Fsp3) is 1.00. The van der Waals surface area contributed by atoms with Gasteiger partial charge in [-0.1, -0.05) is 110 Å². The van der Waals surface area contributed by atoms with E-state index in [1.807, 2.05) is 0 Å². The highest BCUT2D eigenvalue weighted by atomic mass is 31.2. The van der Waals surface area contributed by atoms with Gasteiger partial charge in [-0.2, -0.15) is 0 Å². The molecule has 0 saturated carbocycles. The minimum atomic E-state index is -4.40. The fourth-order valence-electron chi connectivity index (χ4n) is 3.38. The summed E-state index contributed by atoms with van der Waals surface area (Å²) in [4.78, 5) is 17.1. The van der Waals surface area contributed by atoms with Gasteiger partial charge in [0.1, 0.15) is 0 Å². The maximum Gasteiger partial charge on any atom is 0.469 e. The fourth-order valence-corrected chi connectivity index (χ4v) is 3.72. The van der Waals surface area contributed by atoms with Crippen molar-refractivity contribution in [1.29, 1.82) is 0 Å². The molecule has 3 N–H and O–H groups in total. The van der Waals surface area contributed by atoms with E-state index in [-0.39, 0.29) is 13.0 Å². The highest BCUT2D eigenvalue weighted by Gasteiger charge is 2.14. The zero-order valence-corrected chi connectivity index (χ0v) is 18.5. The average Bonchev–Trinajstić information content (AvgIpc) is 2.60. The number of aliphatic hydroxyl groups excluding tert-OH is 1. The van der Waals surface area contributed by atoms with E-state index < -0.39 is 13.9 Å². The first-order valence-corrected chi connectivity index (χ1v) is 12.9. The average molecular weight is 409 g/mol. The number of aliphatic hydroxyl groups is 1. The van der Waals surface area contributed by atoms with Crippen molar-refractivity contribution in [2.75, 3.05) is 6.61 Å².